The van der Waals surface area contributed by atoms with Gasteiger partial charge in [-0.2, -0.15) is 0 Å². The third-order valence-electron chi connectivity index (χ3n) is 3.36. The summed E-state index contributed by atoms with van der Waals surface area (Å²) in [6, 6.07) is 17.6. The molecular weight excluding hydrogens is 272 g/mol. The molecule has 0 spiro atoms. The first kappa shape index (κ1) is 12.6. The number of pyridine rings is 2. The van der Waals surface area contributed by atoms with Crippen LogP contribution in [0.2, 0.25) is 0 Å². The van der Waals surface area contributed by atoms with E-state index in [1.807, 2.05) is 54.6 Å². The number of hydrogen-bond donors (Lipinski definition) is 0. The van der Waals surface area contributed by atoms with Crippen molar-refractivity contribution < 1.29 is 0 Å². The second kappa shape index (κ2) is 5.33. The Labute approximate surface area is 127 Å². The molecule has 103 valence electrons. The summed E-state index contributed by atoms with van der Waals surface area (Å²) in [6.07, 6.45) is 6.31. The van der Waals surface area contributed by atoms with Gasteiger partial charge < -0.3 is 0 Å². The van der Waals surface area contributed by atoms with Crippen LogP contribution in [0.15, 0.2) is 67.0 Å². The van der Waals surface area contributed by atoms with E-state index in [2.05, 4.69) is 26.1 Å². The van der Waals surface area contributed by atoms with Crippen LogP contribution in [0.5, 0.6) is 0 Å². The Kier molecular flexibility index (Phi) is 3.05. The maximum absolute atomic E-state index is 4.63. The summed E-state index contributed by atoms with van der Waals surface area (Å²) in [5.74, 6) is 0. The molecule has 0 fully saturated rings. The Morgan fingerprint density at radius 2 is 1.64 bits per heavy atom. The van der Waals surface area contributed by atoms with Gasteiger partial charge in [0.25, 0.3) is 0 Å². The number of rotatable bonds is 2. The van der Waals surface area contributed by atoms with E-state index in [1.165, 1.54) is 0 Å². The van der Waals surface area contributed by atoms with Crippen molar-refractivity contribution in [3.63, 3.8) is 0 Å². The number of hydrogen-bond acceptors (Lipinski definition) is 4. The summed E-state index contributed by atoms with van der Waals surface area (Å²) in [4.78, 5) is 17.6. The zero-order chi connectivity index (χ0) is 14.8. The molecule has 0 aliphatic rings. The molecule has 0 bridgehead atoms. The fourth-order valence-corrected chi connectivity index (χ4v) is 2.28. The fourth-order valence-electron chi connectivity index (χ4n) is 2.28. The molecule has 0 atom stereocenters. The molecule has 0 aliphatic heterocycles. The molecule has 0 saturated heterocycles. The van der Waals surface area contributed by atoms with E-state index in [9.17, 15) is 0 Å². The predicted octanol–water partition coefficient (Wildman–Crippen LogP) is 3.55. The van der Waals surface area contributed by atoms with Gasteiger partial charge in [0.15, 0.2) is 0 Å². The van der Waals surface area contributed by atoms with Gasteiger partial charge in [-0.25, -0.2) is 15.0 Å². The van der Waals surface area contributed by atoms with Crippen molar-refractivity contribution in [1.82, 2.24) is 19.9 Å². The van der Waals surface area contributed by atoms with Gasteiger partial charge in [0.1, 0.15) is 17.6 Å². The Balaban J connectivity index is 1.81. The van der Waals surface area contributed by atoms with Crippen LogP contribution in [0.4, 0.5) is 0 Å². The van der Waals surface area contributed by atoms with Crippen LogP contribution in [0.25, 0.3) is 33.7 Å². The first-order valence-corrected chi connectivity index (χ1v) is 6.92. The highest BCUT2D eigenvalue weighted by atomic mass is 14.9. The molecule has 0 saturated carbocycles. The zero-order valence-corrected chi connectivity index (χ0v) is 11.6. The Morgan fingerprint density at radius 1 is 0.727 bits per heavy atom. The van der Waals surface area contributed by atoms with Crippen LogP contribution in [-0.4, -0.2) is 19.9 Å². The van der Waals surface area contributed by atoms with Gasteiger partial charge in [-0.1, -0.05) is 30.3 Å². The molecule has 4 nitrogen and oxygen atoms in total. The van der Waals surface area contributed by atoms with Gasteiger partial charge in [0, 0.05) is 11.6 Å². The molecular formula is C18H11N4. The molecule has 4 heteroatoms. The molecule has 22 heavy (non-hydrogen) atoms. The summed E-state index contributed by atoms with van der Waals surface area (Å²) >= 11 is 0. The third-order valence-corrected chi connectivity index (χ3v) is 3.36. The van der Waals surface area contributed by atoms with Crippen LogP contribution >= 0.6 is 0 Å². The van der Waals surface area contributed by atoms with E-state index in [0.29, 0.717) is 11.4 Å². The minimum Gasteiger partial charge on any atom is -0.255 e. The maximum Gasteiger partial charge on any atom is 0.119 e. The van der Waals surface area contributed by atoms with E-state index in [-0.39, 0.29) is 0 Å². The minimum atomic E-state index is 0.619. The van der Waals surface area contributed by atoms with Gasteiger partial charge in [0.2, 0.25) is 0 Å². The monoisotopic (exact) mass is 283 g/mol. The highest BCUT2D eigenvalue weighted by molar-refractivity contribution is 5.81. The van der Waals surface area contributed by atoms with Crippen molar-refractivity contribution in [3.05, 3.63) is 73.2 Å². The first-order valence-electron chi connectivity index (χ1n) is 6.92. The quantitative estimate of drug-likeness (QED) is 0.564. The Morgan fingerprint density at radius 3 is 2.55 bits per heavy atom. The number of para-hydroxylation sites is 1. The number of fused-ring (bicyclic) bond motifs is 1. The molecule has 4 rings (SSSR count). The van der Waals surface area contributed by atoms with Gasteiger partial charge in [-0.3, -0.25) is 4.98 Å². The molecule has 1 radical (unpaired) electrons. The average molecular weight is 283 g/mol. The molecule has 0 amide bonds. The number of aromatic nitrogens is 4. The summed E-state index contributed by atoms with van der Waals surface area (Å²) in [5, 5.41) is 1.10. The third kappa shape index (κ3) is 2.31. The second-order valence-corrected chi connectivity index (χ2v) is 4.82. The number of nitrogens with zero attached hydrogens (tertiary/aromatic N) is 4. The van der Waals surface area contributed by atoms with E-state index in [1.54, 1.807) is 12.4 Å². The van der Waals surface area contributed by atoms with Crippen LogP contribution < -0.4 is 0 Å². The van der Waals surface area contributed by atoms with Gasteiger partial charge in [0.05, 0.1) is 23.1 Å². The van der Waals surface area contributed by atoms with Gasteiger partial charge >= 0.3 is 0 Å². The van der Waals surface area contributed by atoms with Crippen molar-refractivity contribution in [2.75, 3.05) is 0 Å². The van der Waals surface area contributed by atoms with Gasteiger partial charge in [-0.05, 0) is 24.3 Å². The first-order chi connectivity index (χ1) is 10.9. The highest BCUT2D eigenvalue weighted by Gasteiger charge is 2.07. The van der Waals surface area contributed by atoms with Gasteiger partial charge in [-0.15, -0.1) is 0 Å². The topological polar surface area (TPSA) is 51.6 Å². The van der Waals surface area contributed by atoms with E-state index < -0.39 is 0 Å². The SMILES string of the molecule is [c]1ncc(-c2ccccn2)nc1-c1ccc2ccccc2n1. The summed E-state index contributed by atoms with van der Waals surface area (Å²) < 4.78 is 0. The molecule has 0 aliphatic carbocycles. The van der Waals surface area contributed by atoms with E-state index in [4.69, 9.17) is 0 Å². The van der Waals surface area contributed by atoms with Crippen molar-refractivity contribution in [3.8, 4) is 22.8 Å². The summed E-state index contributed by atoms with van der Waals surface area (Å²) in [5.41, 5.74) is 3.80. The second-order valence-electron chi connectivity index (χ2n) is 4.82. The van der Waals surface area contributed by atoms with Crippen LogP contribution in [-0.2, 0) is 0 Å². The van der Waals surface area contributed by atoms with Crippen molar-refractivity contribution in [1.29, 1.82) is 0 Å². The zero-order valence-electron chi connectivity index (χ0n) is 11.6. The van der Waals surface area contributed by atoms with Crippen LogP contribution in [0, 0.1) is 6.20 Å². The lowest BCUT2D eigenvalue weighted by atomic mass is 10.2. The van der Waals surface area contributed by atoms with E-state index >= 15 is 0 Å². The largest absolute Gasteiger partial charge is 0.255 e. The smallest absolute Gasteiger partial charge is 0.119 e. The molecule has 0 N–H and O–H groups in total. The van der Waals surface area contributed by atoms with Crippen LogP contribution in [0.3, 0.4) is 0 Å². The fraction of sp³-hybridized carbons (Fsp3) is 0. The lowest BCUT2D eigenvalue weighted by molar-refractivity contribution is 1.16. The minimum absolute atomic E-state index is 0.619. The lowest BCUT2D eigenvalue weighted by Crippen LogP contribution is -1.94. The molecule has 3 heterocycles. The Bertz CT molecular complexity index is 935. The van der Waals surface area contributed by atoms with Crippen molar-refractivity contribution in [2.24, 2.45) is 0 Å². The molecule has 3 aromatic heterocycles. The summed E-state index contributed by atoms with van der Waals surface area (Å²) in [7, 11) is 0. The van der Waals surface area contributed by atoms with Crippen LogP contribution in [0.1, 0.15) is 0 Å². The standard InChI is InChI=1S/C18H11N4/c1-2-6-14-13(5-1)8-9-16(21-14)18-12-19-11-17(22-18)15-7-3-4-10-20-15/h1-11H. The molecule has 0 unspecified atom stereocenters. The lowest BCUT2D eigenvalue weighted by Gasteiger charge is -2.04. The maximum atomic E-state index is 4.63. The van der Waals surface area contributed by atoms with E-state index in [0.717, 1.165) is 22.3 Å². The molecule has 1 aromatic carbocycles. The highest BCUT2D eigenvalue weighted by Crippen LogP contribution is 2.21. The van der Waals surface area contributed by atoms with Crippen molar-refractivity contribution >= 4 is 10.9 Å². The van der Waals surface area contributed by atoms with Crippen molar-refractivity contribution in [2.45, 2.75) is 0 Å². The Hall–Kier alpha value is -3.14. The normalized spacial score (nSPS) is 10.7. The molecule has 4 aromatic rings. The summed E-state index contributed by atoms with van der Waals surface area (Å²) in [6.45, 7) is 0. The predicted molar refractivity (Wildman–Crippen MR) is 84.8 cm³/mol. The average Bonchev–Trinajstić information content (AvgIpc) is 2.62. The number of benzene rings is 1.